The Bertz CT molecular complexity index is 2900. The van der Waals surface area contributed by atoms with Crippen LogP contribution in [0.3, 0.4) is 0 Å². The van der Waals surface area contributed by atoms with Gasteiger partial charge in [0.25, 0.3) is 0 Å². The van der Waals surface area contributed by atoms with Crippen LogP contribution >= 0.6 is 0 Å². The summed E-state index contributed by atoms with van der Waals surface area (Å²) in [5.41, 5.74) is 10.9. The zero-order valence-electron chi connectivity index (χ0n) is 31.6. The van der Waals surface area contributed by atoms with Gasteiger partial charge in [0.05, 0.1) is 0 Å². The maximum atomic E-state index is 5.32. The average molecular weight is 720 g/mol. The molecule has 0 spiro atoms. The predicted molar refractivity (Wildman–Crippen MR) is 237 cm³/mol. The molecule has 3 nitrogen and oxygen atoms in total. The number of aliphatic imine (C=N–C) groups is 2. The largest absolute Gasteiger partial charge is 0.333 e. The molecule has 8 aromatic rings. The predicted octanol–water partition coefficient (Wildman–Crippen LogP) is 13.0. The Balaban J connectivity index is 1.06. The van der Waals surface area contributed by atoms with E-state index in [1.54, 1.807) is 0 Å². The first-order chi connectivity index (χ1) is 27.6. The van der Waals surface area contributed by atoms with Gasteiger partial charge in [-0.15, -0.1) is 0 Å². The van der Waals surface area contributed by atoms with Crippen molar-refractivity contribution < 1.29 is 0 Å². The maximum absolute atomic E-state index is 5.32. The molecule has 2 aliphatic rings. The summed E-state index contributed by atoms with van der Waals surface area (Å²) in [6, 6.07) is 63.4. The van der Waals surface area contributed by atoms with Gasteiger partial charge in [0.15, 0.2) is 5.84 Å². The van der Waals surface area contributed by atoms with Crippen molar-refractivity contribution in [3.8, 4) is 22.3 Å². The van der Waals surface area contributed by atoms with Crippen molar-refractivity contribution in [3.05, 3.63) is 210 Å². The third kappa shape index (κ3) is 6.02. The molecule has 0 aromatic heterocycles. The Morgan fingerprint density at radius 1 is 0.500 bits per heavy atom. The number of rotatable bonds is 6. The molecule has 2 atom stereocenters. The van der Waals surface area contributed by atoms with Gasteiger partial charge < -0.3 is 4.90 Å². The van der Waals surface area contributed by atoms with Crippen molar-refractivity contribution in [2.75, 3.05) is 7.05 Å². The van der Waals surface area contributed by atoms with Crippen LogP contribution in [0.5, 0.6) is 0 Å². The van der Waals surface area contributed by atoms with Crippen LogP contribution in [0.4, 0.5) is 0 Å². The van der Waals surface area contributed by atoms with E-state index in [0.29, 0.717) is 5.92 Å². The van der Waals surface area contributed by atoms with Crippen LogP contribution < -0.4 is 0 Å². The molecule has 1 unspecified atom stereocenters. The molecule has 10 rings (SSSR count). The Kier molecular flexibility index (Phi) is 8.49. The van der Waals surface area contributed by atoms with Crippen LogP contribution in [0, 0.1) is 5.92 Å². The Morgan fingerprint density at radius 3 is 1.80 bits per heavy atom. The molecule has 3 heteroatoms. The summed E-state index contributed by atoms with van der Waals surface area (Å²) in [5, 5.41) is 7.52. The number of nitrogens with zero attached hydrogens (tertiary/aromatic N) is 3. The molecule has 0 N–H and O–H groups in total. The van der Waals surface area contributed by atoms with Gasteiger partial charge >= 0.3 is 0 Å². The molecule has 0 fully saturated rings. The summed E-state index contributed by atoms with van der Waals surface area (Å²) in [5.74, 6) is 2.00. The summed E-state index contributed by atoms with van der Waals surface area (Å²) in [4.78, 5) is 12.8. The molecular formula is C53H41N3. The van der Waals surface area contributed by atoms with Crippen LogP contribution in [-0.4, -0.2) is 29.8 Å². The highest BCUT2D eigenvalue weighted by atomic mass is 15.3. The van der Waals surface area contributed by atoms with Crippen molar-refractivity contribution in [1.82, 2.24) is 4.90 Å². The third-order valence-corrected chi connectivity index (χ3v) is 11.6. The van der Waals surface area contributed by atoms with Crippen molar-refractivity contribution in [2.24, 2.45) is 15.9 Å². The fourth-order valence-corrected chi connectivity index (χ4v) is 8.68. The second-order valence-electron chi connectivity index (χ2n) is 15.1. The number of likely N-dealkylation sites (N-methyl/N-ethyl adjacent to an activating group) is 1. The lowest BCUT2D eigenvalue weighted by Crippen LogP contribution is -2.43. The molecule has 56 heavy (non-hydrogen) atoms. The van der Waals surface area contributed by atoms with Crippen LogP contribution in [-0.2, 0) is 0 Å². The van der Waals surface area contributed by atoms with Crippen LogP contribution in [0.15, 0.2) is 204 Å². The number of hydrogen-bond donors (Lipinski definition) is 0. The zero-order valence-corrected chi connectivity index (χ0v) is 31.6. The molecule has 0 bridgehead atoms. The van der Waals surface area contributed by atoms with Crippen molar-refractivity contribution >= 4 is 49.6 Å². The van der Waals surface area contributed by atoms with E-state index in [9.17, 15) is 0 Å². The summed E-state index contributed by atoms with van der Waals surface area (Å²) in [6.45, 7) is 2.33. The van der Waals surface area contributed by atoms with E-state index in [-0.39, 0.29) is 6.17 Å². The quantitative estimate of drug-likeness (QED) is 0.157. The first-order valence-electron chi connectivity index (χ1n) is 19.5. The number of allylic oxidation sites excluding steroid dienone is 3. The maximum Gasteiger partial charge on any atom is 0.159 e. The zero-order chi connectivity index (χ0) is 37.6. The molecule has 0 saturated heterocycles. The van der Waals surface area contributed by atoms with E-state index < -0.39 is 0 Å². The number of hydrogen-bond acceptors (Lipinski definition) is 3. The van der Waals surface area contributed by atoms with Gasteiger partial charge in [-0.05, 0) is 89.7 Å². The fraction of sp³-hybridized carbons (Fsp3) is 0.0943. The fourth-order valence-electron chi connectivity index (χ4n) is 8.68. The smallest absolute Gasteiger partial charge is 0.159 e. The molecule has 0 radical (unpaired) electrons. The lowest BCUT2D eigenvalue weighted by atomic mass is 9.83. The van der Waals surface area contributed by atoms with Gasteiger partial charge in [0, 0.05) is 18.2 Å². The summed E-state index contributed by atoms with van der Waals surface area (Å²) >= 11 is 0. The standard InChI is InChI=1S/C53H41N3/c1-35-33-43(36-13-5-3-6-14-36)30-31-45(35)53-55-51(41-17-7-4-8-18-41)54-52(56(53)2)42-26-24-40(25-27-42)50-47-20-12-10-16-38(47)29-32-48(50)44-28-23-39-22-21-37-15-9-11-19-46(37)49(39)34-44/h3-32,34-35,53H,33H2,1-2H3/t35-,53?/m0/s1. The van der Waals surface area contributed by atoms with Gasteiger partial charge in [0.2, 0.25) is 0 Å². The number of benzene rings is 8. The van der Waals surface area contributed by atoms with Gasteiger partial charge in [-0.3, -0.25) is 0 Å². The van der Waals surface area contributed by atoms with Gasteiger partial charge in [-0.25, -0.2) is 9.98 Å². The molecular weight excluding hydrogens is 679 g/mol. The Morgan fingerprint density at radius 2 is 1.07 bits per heavy atom. The first kappa shape index (κ1) is 33.7. The van der Waals surface area contributed by atoms with Crippen molar-refractivity contribution in [2.45, 2.75) is 19.5 Å². The monoisotopic (exact) mass is 719 g/mol. The molecule has 0 saturated carbocycles. The van der Waals surface area contributed by atoms with Gasteiger partial charge in [0.1, 0.15) is 12.0 Å². The topological polar surface area (TPSA) is 28.0 Å². The van der Waals surface area contributed by atoms with E-state index in [4.69, 9.17) is 9.98 Å². The number of fused-ring (bicyclic) bond motifs is 4. The minimum absolute atomic E-state index is 0.172. The van der Waals surface area contributed by atoms with Crippen LogP contribution in [0.2, 0.25) is 0 Å². The van der Waals surface area contributed by atoms with Gasteiger partial charge in [-0.1, -0.05) is 189 Å². The summed E-state index contributed by atoms with van der Waals surface area (Å²) < 4.78 is 0. The van der Waals surface area contributed by atoms with Crippen LogP contribution in [0.1, 0.15) is 30.0 Å². The lowest BCUT2D eigenvalue weighted by molar-refractivity contribution is 0.388. The minimum Gasteiger partial charge on any atom is -0.333 e. The van der Waals surface area contributed by atoms with E-state index in [1.807, 2.05) is 6.07 Å². The summed E-state index contributed by atoms with van der Waals surface area (Å²) in [6.07, 6.45) is 5.39. The van der Waals surface area contributed by atoms with E-state index >= 15 is 0 Å². The highest BCUT2D eigenvalue weighted by Crippen LogP contribution is 2.41. The number of amidine groups is 2. The van der Waals surface area contributed by atoms with E-state index in [2.05, 4.69) is 201 Å². The highest BCUT2D eigenvalue weighted by Gasteiger charge is 2.32. The Hall–Kier alpha value is -6.84. The summed E-state index contributed by atoms with van der Waals surface area (Å²) in [7, 11) is 2.14. The van der Waals surface area contributed by atoms with Crippen molar-refractivity contribution in [1.29, 1.82) is 0 Å². The third-order valence-electron chi connectivity index (χ3n) is 11.6. The van der Waals surface area contributed by atoms with Crippen molar-refractivity contribution in [3.63, 3.8) is 0 Å². The SMILES string of the molecule is C[C@H]1CC(c2ccccc2)=CC=C1C1N=C(c2ccccc2)N=C(c2ccc(-c3c(-c4ccc5ccc6ccccc6c5c4)ccc4ccccc34)cc2)N1C. The van der Waals surface area contributed by atoms with E-state index in [0.717, 1.165) is 29.2 Å². The first-order valence-corrected chi connectivity index (χ1v) is 19.5. The minimum atomic E-state index is -0.172. The second kappa shape index (κ2) is 14.1. The van der Waals surface area contributed by atoms with E-state index in [1.165, 1.54) is 71.3 Å². The normalized spacial score (nSPS) is 17.1. The molecule has 1 aliphatic carbocycles. The molecule has 268 valence electrons. The molecule has 1 heterocycles. The highest BCUT2D eigenvalue weighted by molar-refractivity contribution is 6.14. The lowest BCUT2D eigenvalue weighted by Gasteiger charge is -2.36. The van der Waals surface area contributed by atoms with Crippen LogP contribution in [0.25, 0.3) is 60.1 Å². The molecule has 0 amide bonds. The molecule has 1 aliphatic heterocycles. The molecule has 8 aromatic carbocycles. The average Bonchev–Trinajstić information content (AvgIpc) is 3.26. The van der Waals surface area contributed by atoms with Gasteiger partial charge in [-0.2, -0.15) is 0 Å². The second-order valence-corrected chi connectivity index (χ2v) is 15.1. The Labute approximate surface area is 328 Å².